The van der Waals surface area contributed by atoms with Crippen LogP contribution in [0.25, 0.3) is 16.8 Å². The standard InChI is InChI=1S/C19H16N6O4S2/c26-18-14(30-19(27)25-18)10-17-21-7-5-16(24-17)22-8-9-23-31(28,29)15-3-1-2-12-11-20-6-4-13(12)15/h1-7,10-11,23H,8-9H2,(H,21,22,24)(H,25,26,27)/b14-10+. The molecule has 0 spiro atoms. The molecule has 1 saturated heterocycles. The molecule has 1 aliphatic heterocycles. The third kappa shape index (κ3) is 4.87. The topological polar surface area (TPSA) is 143 Å². The Balaban J connectivity index is 1.38. The van der Waals surface area contributed by atoms with Crippen LogP contribution in [-0.2, 0) is 14.8 Å². The van der Waals surface area contributed by atoms with Gasteiger partial charge < -0.3 is 5.32 Å². The molecule has 4 rings (SSSR count). The van der Waals surface area contributed by atoms with Gasteiger partial charge in [-0.05, 0) is 30.0 Å². The number of aromatic nitrogens is 3. The Morgan fingerprint density at radius 2 is 1.97 bits per heavy atom. The molecule has 3 N–H and O–H groups in total. The molecule has 0 bridgehead atoms. The SMILES string of the molecule is O=C1NC(=O)/C(=C\c2nccc(NCCNS(=O)(=O)c3cccc4cnccc34)n2)S1. The van der Waals surface area contributed by atoms with Gasteiger partial charge in [0.2, 0.25) is 10.0 Å². The maximum Gasteiger partial charge on any atom is 0.290 e. The first kappa shape index (κ1) is 20.9. The molecule has 12 heteroatoms. The van der Waals surface area contributed by atoms with Crippen LogP contribution in [0.1, 0.15) is 5.82 Å². The van der Waals surface area contributed by atoms with Gasteiger partial charge in [0.15, 0.2) is 5.82 Å². The van der Waals surface area contributed by atoms with E-state index in [9.17, 15) is 18.0 Å². The van der Waals surface area contributed by atoms with Gasteiger partial charge in [-0.25, -0.2) is 23.1 Å². The minimum atomic E-state index is -3.72. The zero-order valence-electron chi connectivity index (χ0n) is 15.9. The molecule has 0 atom stereocenters. The van der Waals surface area contributed by atoms with Crippen LogP contribution in [0.15, 0.2) is 58.7 Å². The summed E-state index contributed by atoms with van der Waals surface area (Å²) < 4.78 is 28.0. The molecule has 2 aromatic heterocycles. The fourth-order valence-electron chi connectivity index (χ4n) is 2.86. The summed E-state index contributed by atoms with van der Waals surface area (Å²) in [6, 6.07) is 8.29. The van der Waals surface area contributed by atoms with E-state index >= 15 is 0 Å². The molecule has 1 aliphatic rings. The smallest absolute Gasteiger partial charge is 0.290 e. The number of thioether (sulfide) groups is 1. The Morgan fingerprint density at radius 1 is 1.10 bits per heavy atom. The molecule has 3 aromatic rings. The van der Waals surface area contributed by atoms with Crippen molar-refractivity contribution in [3.8, 4) is 0 Å². The summed E-state index contributed by atoms with van der Waals surface area (Å²) in [4.78, 5) is 35.5. The summed E-state index contributed by atoms with van der Waals surface area (Å²) in [7, 11) is -3.72. The zero-order chi connectivity index (χ0) is 21.8. The number of fused-ring (bicyclic) bond motifs is 1. The van der Waals surface area contributed by atoms with Gasteiger partial charge in [0.05, 0.1) is 9.80 Å². The highest BCUT2D eigenvalue weighted by Crippen LogP contribution is 2.25. The second-order valence-corrected chi connectivity index (χ2v) is 9.08. The predicted octanol–water partition coefficient (Wildman–Crippen LogP) is 1.74. The second kappa shape index (κ2) is 8.79. The highest BCUT2D eigenvalue weighted by Gasteiger charge is 2.25. The van der Waals surface area contributed by atoms with Crippen LogP contribution in [0.5, 0.6) is 0 Å². The van der Waals surface area contributed by atoms with E-state index in [0.717, 1.165) is 17.1 Å². The summed E-state index contributed by atoms with van der Waals surface area (Å²) in [6.07, 6.45) is 6.07. The lowest BCUT2D eigenvalue weighted by atomic mass is 10.2. The van der Waals surface area contributed by atoms with E-state index in [-0.39, 0.29) is 28.7 Å². The molecular weight excluding hydrogens is 440 g/mol. The number of carbonyl (C=O) groups is 2. The van der Waals surface area contributed by atoms with Crippen molar-refractivity contribution in [2.24, 2.45) is 0 Å². The van der Waals surface area contributed by atoms with Crippen LogP contribution in [0.2, 0.25) is 0 Å². The molecule has 0 radical (unpaired) electrons. The molecule has 1 fully saturated rings. The zero-order valence-corrected chi connectivity index (χ0v) is 17.5. The van der Waals surface area contributed by atoms with E-state index in [1.807, 2.05) is 0 Å². The first-order valence-electron chi connectivity index (χ1n) is 9.06. The molecule has 1 aromatic carbocycles. The number of nitrogens with one attached hydrogen (secondary N) is 3. The van der Waals surface area contributed by atoms with Crippen molar-refractivity contribution in [1.82, 2.24) is 25.0 Å². The molecule has 3 heterocycles. The van der Waals surface area contributed by atoms with E-state index in [1.54, 1.807) is 42.7 Å². The Morgan fingerprint density at radius 3 is 2.77 bits per heavy atom. The van der Waals surface area contributed by atoms with Crippen molar-refractivity contribution in [3.05, 3.63) is 59.7 Å². The van der Waals surface area contributed by atoms with Crippen LogP contribution < -0.4 is 15.4 Å². The summed E-state index contributed by atoms with van der Waals surface area (Å²) in [5.74, 6) is 0.213. The van der Waals surface area contributed by atoms with Crippen LogP contribution in [0.4, 0.5) is 10.6 Å². The van der Waals surface area contributed by atoms with Gasteiger partial charge in [-0.15, -0.1) is 0 Å². The van der Waals surface area contributed by atoms with Gasteiger partial charge in [-0.3, -0.25) is 19.9 Å². The molecule has 0 saturated carbocycles. The second-order valence-electron chi connectivity index (χ2n) is 6.33. The van der Waals surface area contributed by atoms with Crippen molar-refractivity contribution in [2.75, 3.05) is 18.4 Å². The van der Waals surface area contributed by atoms with Crippen molar-refractivity contribution in [1.29, 1.82) is 0 Å². The number of hydrogen-bond acceptors (Lipinski definition) is 9. The lowest BCUT2D eigenvalue weighted by Gasteiger charge is -2.10. The number of imide groups is 1. The first-order valence-corrected chi connectivity index (χ1v) is 11.4. The number of benzene rings is 1. The van der Waals surface area contributed by atoms with Gasteiger partial charge >= 0.3 is 0 Å². The third-order valence-corrected chi connectivity index (χ3v) is 6.56. The molecule has 2 amide bonds. The lowest BCUT2D eigenvalue weighted by molar-refractivity contribution is -0.115. The fourth-order valence-corrected chi connectivity index (χ4v) is 4.77. The molecule has 31 heavy (non-hydrogen) atoms. The first-order chi connectivity index (χ1) is 14.9. The quantitative estimate of drug-likeness (QED) is 0.358. The van der Waals surface area contributed by atoms with Crippen molar-refractivity contribution < 1.29 is 18.0 Å². The van der Waals surface area contributed by atoms with Crippen molar-refractivity contribution in [3.63, 3.8) is 0 Å². The summed E-state index contributed by atoms with van der Waals surface area (Å²) in [5, 5.41) is 6.05. The number of amides is 2. The summed E-state index contributed by atoms with van der Waals surface area (Å²) in [5.41, 5.74) is 0. The molecule has 0 aliphatic carbocycles. The highest BCUT2D eigenvalue weighted by atomic mass is 32.2. The molecular formula is C19H16N6O4S2. The normalized spacial score (nSPS) is 15.4. The number of hydrogen-bond donors (Lipinski definition) is 3. The van der Waals surface area contributed by atoms with Crippen molar-refractivity contribution >= 4 is 55.6 Å². The largest absolute Gasteiger partial charge is 0.369 e. The highest BCUT2D eigenvalue weighted by molar-refractivity contribution is 8.18. The summed E-state index contributed by atoms with van der Waals surface area (Å²) in [6.45, 7) is 0.392. The Bertz CT molecular complexity index is 1300. The average molecular weight is 457 g/mol. The van der Waals surface area contributed by atoms with Gasteiger partial charge in [0.1, 0.15) is 5.82 Å². The van der Waals surface area contributed by atoms with E-state index < -0.39 is 21.2 Å². The van der Waals surface area contributed by atoms with Crippen LogP contribution in [0, 0.1) is 0 Å². The average Bonchev–Trinajstić information content (AvgIpc) is 3.07. The number of carbonyl (C=O) groups excluding carboxylic acids is 2. The Kier molecular flexibility index (Phi) is 5.93. The van der Waals surface area contributed by atoms with Crippen LogP contribution >= 0.6 is 11.8 Å². The monoisotopic (exact) mass is 456 g/mol. The van der Waals surface area contributed by atoms with Crippen LogP contribution in [0.3, 0.4) is 0 Å². The van der Waals surface area contributed by atoms with E-state index in [4.69, 9.17) is 0 Å². The number of sulfonamides is 1. The lowest BCUT2D eigenvalue weighted by Crippen LogP contribution is -2.29. The predicted molar refractivity (Wildman–Crippen MR) is 117 cm³/mol. The number of anilines is 1. The number of pyridine rings is 1. The fraction of sp³-hybridized carbons (Fsp3) is 0.105. The number of rotatable bonds is 7. The van der Waals surface area contributed by atoms with E-state index in [2.05, 4.69) is 30.3 Å². The number of nitrogens with zero attached hydrogens (tertiary/aromatic N) is 3. The Hall–Kier alpha value is -3.35. The third-order valence-electron chi connectivity index (χ3n) is 4.23. The minimum Gasteiger partial charge on any atom is -0.369 e. The summed E-state index contributed by atoms with van der Waals surface area (Å²) >= 11 is 0.778. The minimum absolute atomic E-state index is 0.122. The van der Waals surface area contributed by atoms with E-state index in [0.29, 0.717) is 11.2 Å². The van der Waals surface area contributed by atoms with Gasteiger partial charge in [-0.2, -0.15) is 0 Å². The van der Waals surface area contributed by atoms with Gasteiger partial charge in [-0.1, -0.05) is 12.1 Å². The van der Waals surface area contributed by atoms with Gasteiger partial charge in [0.25, 0.3) is 11.1 Å². The van der Waals surface area contributed by atoms with Gasteiger partial charge in [0, 0.05) is 48.5 Å². The molecule has 10 nitrogen and oxygen atoms in total. The van der Waals surface area contributed by atoms with Crippen LogP contribution in [-0.4, -0.2) is 47.6 Å². The maximum absolute atomic E-state index is 12.7. The van der Waals surface area contributed by atoms with Crippen molar-refractivity contribution in [2.45, 2.75) is 4.90 Å². The molecule has 0 unspecified atom stereocenters. The maximum atomic E-state index is 12.7. The Labute approximate surface area is 181 Å². The molecule has 158 valence electrons. The van der Waals surface area contributed by atoms with E-state index in [1.165, 1.54) is 12.3 Å².